The van der Waals surface area contributed by atoms with Gasteiger partial charge in [-0.1, -0.05) is 32.9 Å². The molecule has 0 bridgehead atoms. The van der Waals surface area contributed by atoms with E-state index in [1.807, 2.05) is 23.9 Å². The molecule has 1 rings (SSSR count). The second kappa shape index (κ2) is 7.62. The molecule has 1 unspecified atom stereocenters. The van der Waals surface area contributed by atoms with Gasteiger partial charge in [-0.3, -0.25) is 0 Å². The van der Waals surface area contributed by atoms with Crippen LogP contribution in [-0.2, 0) is 6.42 Å². The van der Waals surface area contributed by atoms with Crippen molar-refractivity contribution in [2.75, 3.05) is 12.3 Å². The third-order valence-corrected chi connectivity index (χ3v) is 3.78. The molecule has 96 valence electrons. The van der Waals surface area contributed by atoms with Gasteiger partial charge in [-0.15, -0.1) is 0 Å². The van der Waals surface area contributed by atoms with Crippen molar-refractivity contribution in [1.29, 1.82) is 0 Å². The normalized spacial score (nSPS) is 12.9. The first-order chi connectivity index (χ1) is 8.11. The molecule has 1 aromatic carbocycles. The van der Waals surface area contributed by atoms with Gasteiger partial charge in [-0.2, -0.15) is 11.8 Å². The van der Waals surface area contributed by atoms with Crippen LogP contribution in [0.3, 0.4) is 0 Å². The van der Waals surface area contributed by atoms with Gasteiger partial charge in [-0.25, -0.2) is 0 Å². The van der Waals surface area contributed by atoms with Crippen LogP contribution in [0.4, 0.5) is 0 Å². The lowest BCUT2D eigenvalue weighted by atomic mass is 10.1. The van der Waals surface area contributed by atoms with Gasteiger partial charge in [0.15, 0.2) is 0 Å². The number of hydrogen-bond acceptors (Lipinski definition) is 3. The number of phenols is 1. The van der Waals surface area contributed by atoms with E-state index in [1.54, 1.807) is 6.07 Å². The minimum atomic E-state index is 0.356. The number of aromatic hydroxyl groups is 1. The zero-order valence-electron chi connectivity index (χ0n) is 10.9. The molecule has 1 atom stereocenters. The lowest BCUT2D eigenvalue weighted by Gasteiger charge is -2.18. The first-order valence-electron chi connectivity index (χ1n) is 6.24. The first-order valence-corrected chi connectivity index (χ1v) is 7.29. The van der Waals surface area contributed by atoms with E-state index in [1.165, 1.54) is 5.56 Å². The topological polar surface area (TPSA) is 32.3 Å². The zero-order chi connectivity index (χ0) is 12.7. The maximum atomic E-state index is 9.45. The molecule has 0 spiro atoms. The number of rotatable bonds is 7. The van der Waals surface area contributed by atoms with Crippen molar-refractivity contribution in [3.8, 4) is 5.75 Å². The van der Waals surface area contributed by atoms with Gasteiger partial charge in [0.1, 0.15) is 5.75 Å². The Labute approximate surface area is 109 Å². The summed E-state index contributed by atoms with van der Waals surface area (Å²) in [6.07, 6.45) is 0.974. The number of hydrogen-bond donors (Lipinski definition) is 2. The van der Waals surface area contributed by atoms with Gasteiger partial charge >= 0.3 is 0 Å². The van der Waals surface area contributed by atoms with Crippen molar-refractivity contribution < 1.29 is 5.11 Å². The fraction of sp³-hybridized carbons (Fsp3) is 0.571. The molecule has 0 aliphatic heterocycles. The average molecular weight is 253 g/mol. The second-order valence-electron chi connectivity index (χ2n) is 4.51. The number of benzene rings is 1. The molecule has 1 aromatic rings. The van der Waals surface area contributed by atoms with Gasteiger partial charge in [0.25, 0.3) is 0 Å². The van der Waals surface area contributed by atoms with Gasteiger partial charge in [0.2, 0.25) is 0 Å². The molecule has 2 N–H and O–H groups in total. The highest BCUT2D eigenvalue weighted by Crippen LogP contribution is 2.16. The Morgan fingerprint density at radius 3 is 2.71 bits per heavy atom. The molecule has 2 nitrogen and oxygen atoms in total. The summed E-state index contributed by atoms with van der Waals surface area (Å²) >= 11 is 1.98. The van der Waals surface area contributed by atoms with E-state index >= 15 is 0 Å². The summed E-state index contributed by atoms with van der Waals surface area (Å²) in [6, 6.07) is 8.03. The largest absolute Gasteiger partial charge is 0.508 e. The van der Waals surface area contributed by atoms with Crippen LogP contribution in [-0.4, -0.2) is 28.7 Å². The fourth-order valence-corrected chi connectivity index (χ4v) is 2.61. The van der Waals surface area contributed by atoms with Crippen molar-refractivity contribution in [3.05, 3.63) is 29.8 Å². The average Bonchev–Trinajstić information content (AvgIpc) is 2.26. The van der Waals surface area contributed by atoms with E-state index in [2.05, 4.69) is 32.2 Å². The molecule has 0 amide bonds. The van der Waals surface area contributed by atoms with E-state index in [9.17, 15) is 5.11 Å². The van der Waals surface area contributed by atoms with Crippen LogP contribution < -0.4 is 5.32 Å². The Balaban J connectivity index is 2.53. The van der Waals surface area contributed by atoms with Crippen LogP contribution in [0.1, 0.15) is 26.3 Å². The van der Waals surface area contributed by atoms with E-state index < -0.39 is 0 Å². The summed E-state index contributed by atoms with van der Waals surface area (Å²) in [4.78, 5) is 0. The van der Waals surface area contributed by atoms with Gasteiger partial charge in [-0.05, 0) is 35.9 Å². The van der Waals surface area contributed by atoms with Crippen LogP contribution >= 0.6 is 11.8 Å². The predicted molar refractivity (Wildman–Crippen MR) is 76.9 cm³/mol. The fourth-order valence-electron chi connectivity index (χ4n) is 1.76. The van der Waals surface area contributed by atoms with Crippen molar-refractivity contribution in [1.82, 2.24) is 5.32 Å². The SMILES string of the molecule is CCNC(CSC(C)C)Cc1cccc(O)c1. The van der Waals surface area contributed by atoms with Crippen molar-refractivity contribution in [2.24, 2.45) is 0 Å². The first kappa shape index (κ1) is 14.4. The van der Waals surface area contributed by atoms with Crippen molar-refractivity contribution in [3.63, 3.8) is 0 Å². The molecule has 0 aromatic heterocycles. The quantitative estimate of drug-likeness (QED) is 0.783. The minimum Gasteiger partial charge on any atom is -0.508 e. The number of likely N-dealkylation sites (N-methyl/N-ethyl adjacent to an activating group) is 1. The molecule has 0 aliphatic carbocycles. The molecule has 0 radical (unpaired) electrons. The highest BCUT2D eigenvalue weighted by molar-refractivity contribution is 7.99. The number of phenolic OH excluding ortho intramolecular Hbond substituents is 1. The third kappa shape index (κ3) is 5.99. The summed E-state index contributed by atoms with van der Waals surface area (Å²) in [6.45, 7) is 7.57. The Kier molecular flexibility index (Phi) is 6.45. The second-order valence-corrected chi connectivity index (χ2v) is 6.12. The molecular weight excluding hydrogens is 230 g/mol. The highest BCUT2D eigenvalue weighted by atomic mass is 32.2. The molecule has 0 aliphatic rings. The van der Waals surface area contributed by atoms with Crippen molar-refractivity contribution >= 4 is 11.8 Å². The Bertz CT molecular complexity index is 328. The summed E-state index contributed by atoms with van der Waals surface area (Å²) in [5.74, 6) is 1.47. The maximum Gasteiger partial charge on any atom is 0.115 e. The van der Waals surface area contributed by atoms with Gasteiger partial charge in [0, 0.05) is 11.8 Å². The molecular formula is C14H23NOS. The summed E-state index contributed by atoms with van der Waals surface area (Å²) in [5, 5.41) is 13.6. The summed E-state index contributed by atoms with van der Waals surface area (Å²) < 4.78 is 0. The van der Waals surface area contributed by atoms with Crippen LogP contribution in [0, 0.1) is 0 Å². The Morgan fingerprint density at radius 1 is 1.35 bits per heavy atom. The predicted octanol–water partition coefficient (Wildman–Crippen LogP) is 3.05. The van der Waals surface area contributed by atoms with E-state index in [0.717, 1.165) is 18.7 Å². The molecule has 0 heterocycles. The third-order valence-electron chi connectivity index (χ3n) is 2.52. The molecule has 17 heavy (non-hydrogen) atoms. The van der Waals surface area contributed by atoms with Crippen molar-refractivity contribution in [2.45, 2.75) is 38.5 Å². The lowest BCUT2D eigenvalue weighted by molar-refractivity contribution is 0.473. The molecule has 0 saturated heterocycles. The van der Waals surface area contributed by atoms with E-state index in [-0.39, 0.29) is 0 Å². The minimum absolute atomic E-state index is 0.356. The smallest absolute Gasteiger partial charge is 0.115 e. The van der Waals surface area contributed by atoms with Gasteiger partial charge < -0.3 is 10.4 Å². The summed E-state index contributed by atoms with van der Waals surface area (Å²) in [7, 11) is 0. The maximum absolute atomic E-state index is 9.45. The van der Waals surface area contributed by atoms with E-state index in [4.69, 9.17) is 0 Å². The molecule has 3 heteroatoms. The number of thioether (sulfide) groups is 1. The zero-order valence-corrected chi connectivity index (χ0v) is 11.8. The standard InChI is InChI=1S/C14H23NOS/c1-4-15-13(10-17-11(2)3)8-12-6-5-7-14(16)9-12/h5-7,9,11,13,15-16H,4,8,10H2,1-3H3. The Morgan fingerprint density at radius 2 is 2.12 bits per heavy atom. The monoisotopic (exact) mass is 253 g/mol. The van der Waals surface area contributed by atoms with Crippen LogP contribution in [0.15, 0.2) is 24.3 Å². The number of nitrogens with one attached hydrogen (secondary N) is 1. The van der Waals surface area contributed by atoms with Crippen LogP contribution in [0.2, 0.25) is 0 Å². The lowest BCUT2D eigenvalue weighted by Crippen LogP contribution is -2.33. The molecule has 0 saturated carbocycles. The van der Waals surface area contributed by atoms with Crippen LogP contribution in [0.5, 0.6) is 5.75 Å². The van der Waals surface area contributed by atoms with Crippen LogP contribution in [0.25, 0.3) is 0 Å². The van der Waals surface area contributed by atoms with Gasteiger partial charge in [0.05, 0.1) is 0 Å². The molecule has 0 fully saturated rings. The Hall–Kier alpha value is -0.670. The highest BCUT2D eigenvalue weighted by Gasteiger charge is 2.09. The van der Waals surface area contributed by atoms with E-state index in [0.29, 0.717) is 17.0 Å². The summed E-state index contributed by atoms with van der Waals surface area (Å²) in [5.41, 5.74) is 1.19.